The van der Waals surface area contributed by atoms with E-state index in [0.717, 1.165) is 34.8 Å². The number of anilines is 1. The molecule has 0 saturated carbocycles. The molecule has 0 aliphatic heterocycles. The number of benzene rings is 1. The number of aromatic nitrogens is 2. The van der Waals surface area contributed by atoms with Gasteiger partial charge in [-0.2, -0.15) is 0 Å². The molecule has 3 N–H and O–H groups in total. The minimum atomic E-state index is 0.675. The maximum Gasteiger partial charge on any atom is 0.139 e. The Bertz CT molecular complexity index is 780. The van der Waals surface area contributed by atoms with Crippen molar-refractivity contribution in [1.82, 2.24) is 9.97 Å². The number of hydrogen-bond acceptors (Lipinski definition) is 5. The van der Waals surface area contributed by atoms with Crippen LogP contribution in [0.15, 0.2) is 30.3 Å². The van der Waals surface area contributed by atoms with Crippen LogP contribution in [-0.2, 0) is 0 Å². The van der Waals surface area contributed by atoms with E-state index in [2.05, 4.69) is 46.5 Å². The second-order valence-electron chi connectivity index (χ2n) is 5.27. The molecule has 0 bridgehead atoms. The normalized spacial score (nSPS) is 11.0. The first-order valence-corrected chi connectivity index (χ1v) is 8.29. The molecule has 2 heterocycles. The number of nitrogens with one attached hydrogen (secondary N) is 1. The largest absolute Gasteiger partial charge is 0.369 e. The standard InChI is InChI=1S/C17H20N4S/c1-11-14(13-7-4-3-5-8-13)15-16(19-10-6-9-18)20-12(2)21-17(15)22-11/h3-5,7-8H,6,9-10,18H2,1-2H3,(H,19,20,21). The lowest BCUT2D eigenvalue weighted by atomic mass is 10.0. The Morgan fingerprint density at radius 3 is 2.64 bits per heavy atom. The van der Waals surface area contributed by atoms with E-state index in [1.165, 1.54) is 16.0 Å². The highest BCUT2D eigenvalue weighted by Crippen LogP contribution is 2.40. The predicted molar refractivity (Wildman–Crippen MR) is 94.5 cm³/mol. The number of nitrogens with two attached hydrogens (primary N) is 1. The van der Waals surface area contributed by atoms with Crippen molar-refractivity contribution in [2.24, 2.45) is 5.73 Å². The fourth-order valence-corrected chi connectivity index (χ4v) is 3.70. The fourth-order valence-electron chi connectivity index (χ4n) is 2.61. The van der Waals surface area contributed by atoms with E-state index < -0.39 is 0 Å². The van der Waals surface area contributed by atoms with Crippen molar-refractivity contribution < 1.29 is 0 Å². The van der Waals surface area contributed by atoms with Gasteiger partial charge in [-0.05, 0) is 32.4 Å². The number of rotatable bonds is 5. The van der Waals surface area contributed by atoms with Crippen molar-refractivity contribution in [2.45, 2.75) is 20.3 Å². The molecule has 0 spiro atoms. The van der Waals surface area contributed by atoms with Gasteiger partial charge in [0, 0.05) is 17.0 Å². The van der Waals surface area contributed by atoms with Crippen LogP contribution in [0.4, 0.5) is 5.82 Å². The summed E-state index contributed by atoms with van der Waals surface area (Å²) >= 11 is 1.73. The van der Waals surface area contributed by atoms with Crippen LogP contribution >= 0.6 is 11.3 Å². The van der Waals surface area contributed by atoms with Gasteiger partial charge >= 0.3 is 0 Å². The molecule has 0 fully saturated rings. The third-order valence-electron chi connectivity index (χ3n) is 3.58. The number of hydrogen-bond donors (Lipinski definition) is 2. The van der Waals surface area contributed by atoms with Crippen LogP contribution in [0.5, 0.6) is 0 Å². The molecule has 0 radical (unpaired) electrons. The number of thiophene rings is 1. The van der Waals surface area contributed by atoms with E-state index in [-0.39, 0.29) is 0 Å². The Balaban J connectivity index is 2.17. The molecule has 0 aliphatic carbocycles. The third-order valence-corrected chi connectivity index (χ3v) is 4.57. The molecule has 0 unspecified atom stereocenters. The zero-order valence-corrected chi connectivity index (χ0v) is 13.7. The minimum Gasteiger partial charge on any atom is -0.369 e. The van der Waals surface area contributed by atoms with E-state index in [1.807, 2.05) is 13.0 Å². The van der Waals surface area contributed by atoms with Gasteiger partial charge in [0.1, 0.15) is 16.5 Å². The van der Waals surface area contributed by atoms with E-state index in [1.54, 1.807) is 11.3 Å². The molecule has 4 nitrogen and oxygen atoms in total. The third kappa shape index (κ3) is 2.82. The van der Waals surface area contributed by atoms with Crippen LogP contribution in [0.1, 0.15) is 17.1 Å². The SMILES string of the molecule is Cc1nc(NCCCN)c2c(-c3ccccc3)c(C)sc2n1. The molecular weight excluding hydrogens is 292 g/mol. The number of nitrogens with zero attached hydrogens (tertiary/aromatic N) is 2. The maximum absolute atomic E-state index is 5.59. The Morgan fingerprint density at radius 2 is 1.91 bits per heavy atom. The van der Waals surface area contributed by atoms with E-state index >= 15 is 0 Å². The minimum absolute atomic E-state index is 0.675. The lowest BCUT2D eigenvalue weighted by Gasteiger charge is -2.09. The highest BCUT2D eigenvalue weighted by Gasteiger charge is 2.17. The molecule has 0 saturated heterocycles. The molecule has 2 aromatic heterocycles. The monoisotopic (exact) mass is 312 g/mol. The summed E-state index contributed by atoms with van der Waals surface area (Å²) in [7, 11) is 0. The van der Waals surface area contributed by atoms with Crippen LogP contribution in [-0.4, -0.2) is 23.1 Å². The lowest BCUT2D eigenvalue weighted by molar-refractivity contribution is 0.869. The molecule has 0 atom stereocenters. The van der Waals surface area contributed by atoms with E-state index in [9.17, 15) is 0 Å². The van der Waals surface area contributed by atoms with Crippen LogP contribution in [0.2, 0.25) is 0 Å². The molecule has 22 heavy (non-hydrogen) atoms. The maximum atomic E-state index is 5.59. The average Bonchev–Trinajstić information content (AvgIpc) is 2.84. The van der Waals surface area contributed by atoms with Gasteiger partial charge in [0.25, 0.3) is 0 Å². The predicted octanol–water partition coefficient (Wildman–Crippen LogP) is 3.74. The van der Waals surface area contributed by atoms with Gasteiger partial charge in [-0.25, -0.2) is 9.97 Å². The first-order valence-electron chi connectivity index (χ1n) is 7.48. The van der Waals surface area contributed by atoms with Gasteiger partial charge in [0.15, 0.2) is 0 Å². The molecule has 3 aromatic rings. The summed E-state index contributed by atoms with van der Waals surface area (Å²) in [4.78, 5) is 11.5. The molecule has 0 amide bonds. The Morgan fingerprint density at radius 1 is 1.14 bits per heavy atom. The Kier molecular flexibility index (Phi) is 4.36. The van der Waals surface area contributed by atoms with Crippen molar-refractivity contribution in [3.05, 3.63) is 41.0 Å². The lowest BCUT2D eigenvalue weighted by Crippen LogP contribution is -2.10. The van der Waals surface area contributed by atoms with Crippen LogP contribution in [0.3, 0.4) is 0 Å². The summed E-state index contributed by atoms with van der Waals surface area (Å²) in [5, 5.41) is 4.55. The Labute approximate surface area is 134 Å². The van der Waals surface area contributed by atoms with E-state index in [0.29, 0.717) is 6.54 Å². The second kappa shape index (κ2) is 6.42. The zero-order chi connectivity index (χ0) is 15.5. The smallest absolute Gasteiger partial charge is 0.139 e. The van der Waals surface area contributed by atoms with Gasteiger partial charge < -0.3 is 11.1 Å². The van der Waals surface area contributed by atoms with Crippen LogP contribution in [0.25, 0.3) is 21.3 Å². The fraction of sp³-hybridized carbons (Fsp3) is 0.294. The van der Waals surface area contributed by atoms with Gasteiger partial charge in [-0.15, -0.1) is 11.3 Å². The van der Waals surface area contributed by atoms with Crippen molar-refractivity contribution in [2.75, 3.05) is 18.4 Å². The van der Waals surface area contributed by atoms with Crippen LogP contribution < -0.4 is 11.1 Å². The van der Waals surface area contributed by atoms with Gasteiger partial charge in [0.2, 0.25) is 0 Å². The first kappa shape index (κ1) is 14.9. The highest BCUT2D eigenvalue weighted by molar-refractivity contribution is 7.19. The summed E-state index contributed by atoms with van der Waals surface area (Å²) < 4.78 is 0. The summed E-state index contributed by atoms with van der Waals surface area (Å²) in [6.45, 7) is 5.58. The summed E-state index contributed by atoms with van der Waals surface area (Å²) in [6, 6.07) is 10.4. The molecule has 3 rings (SSSR count). The highest BCUT2D eigenvalue weighted by atomic mass is 32.1. The van der Waals surface area contributed by atoms with Crippen molar-refractivity contribution in [3.63, 3.8) is 0 Å². The molecular formula is C17H20N4S. The van der Waals surface area contributed by atoms with Crippen molar-refractivity contribution in [3.8, 4) is 11.1 Å². The van der Waals surface area contributed by atoms with E-state index in [4.69, 9.17) is 5.73 Å². The summed E-state index contributed by atoms with van der Waals surface area (Å²) in [6.07, 6.45) is 0.925. The van der Waals surface area contributed by atoms with Gasteiger partial charge in [-0.3, -0.25) is 0 Å². The van der Waals surface area contributed by atoms with Crippen LogP contribution in [0, 0.1) is 13.8 Å². The topological polar surface area (TPSA) is 63.8 Å². The molecule has 0 aliphatic rings. The van der Waals surface area contributed by atoms with Crippen molar-refractivity contribution in [1.29, 1.82) is 0 Å². The number of fused-ring (bicyclic) bond motifs is 1. The number of aryl methyl sites for hydroxylation is 2. The quantitative estimate of drug-likeness (QED) is 0.705. The van der Waals surface area contributed by atoms with Crippen molar-refractivity contribution >= 4 is 27.4 Å². The zero-order valence-electron chi connectivity index (χ0n) is 12.9. The summed E-state index contributed by atoms with van der Waals surface area (Å²) in [5.74, 6) is 1.71. The molecule has 114 valence electrons. The molecule has 1 aromatic carbocycles. The average molecular weight is 312 g/mol. The van der Waals surface area contributed by atoms with Gasteiger partial charge in [0.05, 0.1) is 5.39 Å². The van der Waals surface area contributed by atoms with Gasteiger partial charge in [-0.1, -0.05) is 30.3 Å². The first-order chi connectivity index (χ1) is 10.7. The summed E-state index contributed by atoms with van der Waals surface area (Å²) in [5.41, 5.74) is 8.03. The molecule has 5 heteroatoms. The Hall–Kier alpha value is -1.98. The second-order valence-corrected chi connectivity index (χ2v) is 6.47.